The van der Waals surface area contributed by atoms with Gasteiger partial charge in [-0.05, 0) is 16.8 Å². The molecule has 0 bridgehead atoms. The van der Waals surface area contributed by atoms with Gasteiger partial charge in [-0.2, -0.15) is 0 Å². The average molecular weight is 245 g/mol. The molecule has 0 aliphatic rings. The van der Waals surface area contributed by atoms with Gasteiger partial charge in [-0.3, -0.25) is 4.79 Å². The first-order chi connectivity index (χ1) is 7.77. The largest absolute Gasteiger partial charge is 0.394 e. The summed E-state index contributed by atoms with van der Waals surface area (Å²) in [7, 11) is 1.62. The number of hydrogen-bond acceptors (Lipinski definition) is 6. The van der Waals surface area contributed by atoms with E-state index in [4.69, 9.17) is 5.11 Å². The maximum atomic E-state index is 10.9. The number of nitrogens with zero attached hydrogens (tertiary/aromatic N) is 4. The van der Waals surface area contributed by atoms with E-state index in [1.54, 1.807) is 11.7 Å². The Balaban J connectivity index is 2.26. The molecular formula is C8H15N5O2S. The van der Waals surface area contributed by atoms with Gasteiger partial charge in [0.15, 0.2) is 0 Å². The van der Waals surface area contributed by atoms with Crippen LogP contribution in [0.25, 0.3) is 0 Å². The van der Waals surface area contributed by atoms with Gasteiger partial charge in [-0.1, -0.05) is 11.8 Å². The van der Waals surface area contributed by atoms with Crippen molar-refractivity contribution in [2.75, 3.05) is 19.4 Å². The highest BCUT2D eigenvalue weighted by Crippen LogP contribution is 2.15. The van der Waals surface area contributed by atoms with Crippen LogP contribution in [0.1, 0.15) is 12.8 Å². The summed E-state index contributed by atoms with van der Waals surface area (Å²) in [4.78, 5) is 10.9. The van der Waals surface area contributed by atoms with Gasteiger partial charge >= 0.3 is 0 Å². The monoisotopic (exact) mass is 245 g/mol. The predicted molar refractivity (Wildman–Crippen MR) is 58.9 cm³/mol. The zero-order chi connectivity index (χ0) is 11.8. The van der Waals surface area contributed by atoms with Crippen LogP contribution in [-0.2, 0) is 11.3 Å². The van der Waals surface area contributed by atoms with Gasteiger partial charge in [0.2, 0.25) is 11.1 Å². The van der Waals surface area contributed by atoms with Gasteiger partial charge in [-0.15, -0.1) is 5.10 Å². The Morgan fingerprint density at radius 1 is 1.62 bits per heavy atom. The van der Waals surface area contributed by atoms with E-state index in [1.807, 2.05) is 0 Å². The number of carbonyl (C=O) groups excluding carboxylic acids is 1. The summed E-state index contributed by atoms with van der Waals surface area (Å²) in [5.41, 5.74) is 0. The zero-order valence-electron chi connectivity index (χ0n) is 9.09. The molecular weight excluding hydrogens is 230 g/mol. The van der Waals surface area contributed by atoms with Crippen LogP contribution in [0.5, 0.6) is 0 Å². The zero-order valence-corrected chi connectivity index (χ0v) is 9.90. The highest BCUT2D eigenvalue weighted by atomic mass is 32.2. The van der Waals surface area contributed by atoms with E-state index in [9.17, 15) is 4.79 Å². The SMILES string of the molecule is CNC(=O)CCCSc1nnnn1CCO. The molecule has 0 spiro atoms. The number of amides is 1. The summed E-state index contributed by atoms with van der Waals surface area (Å²) in [6.07, 6.45) is 1.28. The maximum absolute atomic E-state index is 10.9. The molecule has 1 aromatic heterocycles. The second-order valence-corrected chi connectivity index (χ2v) is 4.10. The van der Waals surface area contributed by atoms with Crippen LogP contribution >= 0.6 is 11.8 Å². The van der Waals surface area contributed by atoms with Crippen molar-refractivity contribution in [3.63, 3.8) is 0 Å². The van der Waals surface area contributed by atoms with Gasteiger partial charge < -0.3 is 10.4 Å². The first kappa shape index (κ1) is 12.9. The molecule has 1 rings (SSSR count). The van der Waals surface area contributed by atoms with E-state index < -0.39 is 0 Å². The number of rotatable bonds is 7. The van der Waals surface area contributed by atoms with E-state index in [0.717, 1.165) is 12.2 Å². The van der Waals surface area contributed by atoms with Crippen LogP contribution in [-0.4, -0.2) is 50.6 Å². The van der Waals surface area contributed by atoms with Crippen molar-refractivity contribution in [2.45, 2.75) is 24.5 Å². The molecule has 0 saturated heterocycles. The number of aliphatic hydroxyl groups is 1. The van der Waals surface area contributed by atoms with Crippen molar-refractivity contribution in [1.29, 1.82) is 0 Å². The number of tetrazole rings is 1. The lowest BCUT2D eigenvalue weighted by molar-refractivity contribution is -0.120. The minimum absolute atomic E-state index is 0.0108. The van der Waals surface area contributed by atoms with Gasteiger partial charge in [0.25, 0.3) is 0 Å². The quantitative estimate of drug-likeness (QED) is 0.486. The third-order valence-electron chi connectivity index (χ3n) is 1.87. The van der Waals surface area contributed by atoms with Crippen LogP contribution in [0.15, 0.2) is 5.16 Å². The topological polar surface area (TPSA) is 92.9 Å². The van der Waals surface area contributed by atoms with E-state index in [-0.39, 0.29) is 12.5 Å². The Hall–Kier alpha value is -1.15. The summed E-state index contributed by atoms with van der Waals surface area (Å²) in [5.74, 6) is 0.815. The molecule has 0 aromatic carbocycles. The molecule has 0 fully saturated rings. The third-order valence-corrected chi connectivity index (χ3v) is 2.91. The van der Waals surface area contributed by atoms with Crippen LogP contribution in [0.3, 0.4) is 0 Å². The molecule has 1 heterocycles. The molecule has 0 radical (unpaired) electrons. The molecule has 0 atom stereocenters. The van der Waals surface area contributed by atoms with E-state index >= 15 is 0 Å². The normalized spacial score (nSPS) is 10.4. The highest BCUT2D eigenvalue weighted by molar-refractivity contribution is 7.99. The van der Waals surface area contributed by atoms with Crippen molar-refractivity contribution in [1.82, 2.24) is 25.5 Å². The molecule has 2 N–H and O–H groups in total. The van der Waals surface area contributed by atoms with Gasteiger partial charge in [0.1, 0.15) is 0 Å². The Morgan fingerprint density at radius 2 is 2.44 bits per heavy atom. The first-order valence-corrected chi connectivity index (χ1v) is 5.97. The van der Waals surface area contributed by atoms with Crippen LogP contribution in [0, 0.1) is 0 Å². The molecule has 0 aliphatic carbocycles. The Labute approximate surface area is 97.6 Å². The number of thioether (sulfide) groups is 1. The highest BCUT2D eigenvalue weighted by Gasteiger charge is 2.06. The fraction of sp³-hybridized carbons (Fsp3) is 0.750. The minimum atomic E-state index is 0.0108. The van der Waals surface area contributed by atoms with Gasteiger partial charge in [-0.25, -0.2) is 4.68 Å². The smallest absolute Gasteiger partial charge is 0.219 e. The van der Waals surface area contributed by atoms with E-state index in [1.165, 1.54) is 11.8 Å². The molecule has 90 valence electrons. The maximum Gasteiger partial charge on any atom is 0.219 e. The summed E-state index contributed by atoms with van der Waals surface area (Å²) in [6.45, 7) is 0.404. The molecule has 1 amide bonds. The first-order valence-electron chi connectivity index (χ1n) is 4.98. The molecule has 0 saturated carbocycles. The molecule has 7 nitrogen and oxygen atoms in total. The molecule has 1 aromatic rings. The number of aliphatic hydroxyl groups excluding tert-OH is 1. The van der Waals surface area contributed by atoms with Crippen molar-refractivity contribution in [3.8, 4) is 0 Å². The lowest BCUT2D eigenvalue weighted by Crippen LogP contribution is -2.17. The van der Waals surface area contributed by atoms with Crippen LogP contribution in [0.2, 0.25) is 0 Å². The second-order valence-electron chi connectivity index (χ2n) is 3.03. The molecule has 0 unspecified atom stereocenters. The van der Waals surface area contributed by atoms with Crippen LogP contribution < -0.4 is 5.32 Å². The predicted octanol–water partition coefficient (Wildman–Crippen LogP) is -0.716. The van der Waals surface area contributed by atoms with E-state index in [0.29, 0.717) is 18.1 Å². The van der Waals surface area contributed by atoms with Crippen molar-refractivity contribution < 1.29 is 9.90 Å². The summed E-state index contributed by atoms with van der Waals surface area (Å²) in [5, 5.41) is 23.1. The Morgan fingerprint density at radius 3 is 3.12 bits per heavy atom. The average Bonchev–Trinajstić information content (AvgIpc) is 2.72. The lowest BCUT2D eigenvalue weighted by Gasteiger charge is -2.01. The molecule has 0 aliphatic heterocycles. The van der Waals surface area contributed by atoms with E-state index in [2.05, 4.69) is 20.8 Å². The Bertz CT molecular complexity index is 330. The fourth-order valence-electron chi connectivity index (χ4n) is 1.06. The summed E-state index contributed by atoms with van der Waals surface area (Å²) in [6, 6.07) is 0. The number of carbonyl (C=O) groups is 1. The summed E-state index contributed by atoms with van der Waals surface area (Å²) >= 11 is 1.48. The number of nitrogens with one attached hydrogen (secondary N) is 1. The van der Waals surface area contributed by atoms with Crippen LogP contribution in [0.4, 0.5) is 0 Å². The van der Waals surface area contributed by atoms with Gasteiger partial charge in [0, 0.05) is 19.2 Å². The number of aromatic nitrogens is 4. The molecule has 16 heavy (non-hydrogen) atoms. The van der Waals surface area contributed by atoms with Crippen molar-refractivity contribution >= 4 is 17.7 Å². The minimum Gasteiger partial charge on any atom is -0.394 e. The fourth-order valence-corrected chi connectivity index (χ4v) is 1.90. The van der Waals surface area contributed by atoms with Gasteiger partial charge in [0.05, 0.1) is 13.2 Å². The van der Waals surface area contributed by atoms with Crippen molar-refractivity contribution in [3.05, 3.63) is 0 Å². The molecule has 8 heteroatoms. The lowest BCUT2D eigenvalue weighted by atomic mass is 10.3. The summed E-state index contributed by atoms with van der Waals surface area (Å²) < 4.78 is 1.55. The number of hydrogen-bond donors (Lipinski definition) is 2. The van der Waals surface area contributed by atoms with Crippen molar-refractivity contribution in [2.24, 2.45) is 0 Å². The second kappa shape index (κ2) is 7.18. The Kier molecular flexibility index (Phi) is 5.79. The standard InChI is InChI=1S/C8H15N5O2S/c1-9-7(15)3-2-6-16-8-10-11-12-13(8)4-5-14/h14H,2-6H2,1H3,(H,9,15). The third kappa shape index (κ3) is 4.15.